The number of carbonyl (C=O) groups is 1. The van der Waals surface area contributed by atoms with E-state index in [-0.39, 0.29) is 0 Å². The van der Waals surface area contributed by atoms with Crippen molar-refractivity contribution in [2.24, 2.45) is 5.92 Å². The van der Waals surface area contributed by atoms with Crippen LogP contribution >= 0.6 is 23.4 Å². The van der Waals surface area contributed by atoms with Gasteiger partial charge < -0.3 is 0 Å². The zero-order valence-corrected chi connectivity index (χ0v) is 9.98. The Morgan fingerprint density at radius 1 is 1.40 bits per heavy atom. The Morgan fingerprint density at radius 3 is 2.80 bits per heavy atom. The van der Waals surface area contributed by atoms with Gasteiger partial charge in [-0.05, 0) is 30.9 Å². The van der Waals surface area contributed by atoms with Gasteiger partial charge in [0.2, 0.25) is 0 Å². The smallest absolute Gasteiger partial charge is 0.143 e. The van der Waals surface area contributed by atoms with Gasteiger partial charge in [0, 0.05) is 11.3 Å². The van der Waals surface area contributed by atoms with Crippen LogP contribution in [0.15, 0.2) is 29.2 Å². The highest BCUT2D eigenvalue weighted by atomic mass is 35.5. The van der Waals surface area contributed by atoms with Crippen LogP contribution < -0.4 is 0 Å². The summed E-state index contributed by atoms with van der Waals surface area (Å²) < 4.78 is 0. The molecule has 0 aliphatic heterocycles. The Labute approximate surface area is 99.2 Å². The minimum atomic E-state index is 0.349. The SMILES string of the molecule is O=C(CSc1ccccc1Cl)CC1CC1. The van der Waals surface area contributed by atoms with Gasteiger partial charge in [0.05, 0.1) is 10.8 Å². The van der Waals surface area contributed by atoms with Crippen molar-refractivity contribution >= 4 is 29.1 Å². The lowest BCUT2D eigenvalue weighted by atomic mass is 10.2. The summed E-state index contributed by atoms with van der Waals surface area (Å²) >= 11 is 7.54. The van der Waals surface area contributed by atoms with Gasteiger partial charge in [-0.25, -0.2) is 0 Å². The molecule has 1 nitrogen and oxygen atoms in total. The van der Waals surface area contributed by atoms with Gasteiger partial charge in [-0.15, -0.1) is 11.8 Å². The lowest BCUT2D eigenvalue weighted by Gasteiger charge is -2.02. The second-order valence-corrected chi connectivity index (χ2v) is 5.33. The molecule has 1 saturated carbocycles. The fraction of sp³-hybridized carbons (Fsp3) is 0.417. The molecule has 1 aromatic rings. The van der Waals surface area contributed by atoms with Crippen LogP contribution in [0.4, 0.5) is 0 Å². The third kappa shape index (κ3) is 3.54. The topological polar surface area (TPSA) is 17.1 Å². The number of carbonyl (C=O) groups excluding carboxylic acids is 1. The van der Waals surface area contributed by atoms with E-state index in [1.165, 1.54) is 12.8 Å². The van der Waals surface area contributed by atoms with Crippen LogP contribution in [0.2, 0.25) is 5.02 Å². The van der Waals surface area contributed by atoms with E-state index < -0.39 is 0 Å². The molecule has 80 valence electrons. The summed E-state index contributed by atoms with van der Waals surface area (Å²) in [6.07, 6.45) is 3.24. The van der Waals surface area contributed by atoms with Crippen LogP contribution in [0.5, 0.6) is 0 Å². The van der Waals surface area contributed by atoms with Crippen molar-refractivity contribution in [1.29, 1.82) is 0 Å². The molecule has 0 spiro atoms. The van der Waals surface area contributed by atoms with Gasteiger partial charge in [0.15, 0.2) is 0 Å². The molecule has 0 aromatic heterocycles. The number of benzene rings is 1. The molecule has 3 heteroatoms. The standard InChI is InChI=1S/C12H13ClOS/c13-11-3-1-2-4-12(11)15-8-10(14)7-9-5-6-9/h1-4,9H,5-8H2. The highest BCUT2D eigenvalue weighted by molar-refractivity contribution is 8.00. The number of hydrogen-bond donors (Lipinski definition) is 0. The lowest BCUT2D eigenvalue weighted by molar-refractivity contribution is -0.116. The first-order valence-corrected chi connectivity index (χ1v) is 6.51. The van der Waals surface area contributed by atoms with Crippen molar-refractivity contribution in [2.75, 3.05) is 5.75 Å². The summed E-state index contributed by atoms with van der Waals surface area (Å²) in [5.74, 6) is 1.59. The molecule has 0 N–H and O–H groups in total. The van der Waals surface area contributed by atoms with E-state index >= 15 is 0 Å². The monoisotopic (exact) mass is 240 g/mol. The van der Waals surface area contributed by atoms with Gasteiger partial charge in [-0.1, -0.05) is 23.7 Å². The zero-order valence-electron chi connectivity index (χ0n) is 8.41. The first-order valence-electron chi connectivity index (χ1n) is 5.15. The molecule has 0 heterocycles. The third-order valence-electron chi connectivity index (χ3n) is 2.44. The fourth-order valence-corrected chi connectivity index (χ4v) is 2.54. The molecule has 0 unspecified atom stereocenters. The first kappa shape index (κ1) is 11.0. The summed E-state index contributed by atoms with van der Waals surface area (Å²) in [5.41, 5.74) is 0. The average Bonchev–Trinajstić information content (AvgIpc) is 3.00. The highest BCUT2D eigenvalue weighted by Gasteiger charge is 2.24. The van der Waals surface area contributed by atoms with Crippen LogP contribution in [-0.4, -0.2) is 11.5 Å². The van der Waals surface area contributed by atoms with Gasteiger partial charge in [0.25, 0.3) is 0 Å². The minimum Gasteiger partial charge on any atom is -0.299 e. The quantitative estimate of drug-likeness (QED) is 0.729. The van der Waals surface area contributed by atoms with Crippen molar-refractivity contribution in [1.82, 2.24) is 0 Å². The predicted molar refractivity (Wildman–Crippen MR) is 64.5 cm³/mol. The lowest BCUT2D eigenvalue weighted by Crippen LogP contribution is -2.01. The molecule has 1 aromatic carbocycles. The second-order valence-electron chi connectivity index (χ2n) is 3.91. The molecule has 0 bridgehead atoms. The van der Waals surface area contributed by atoms with E-state index in [4.69, 9.17) is 11.6 Å². The number of Topliss-reactive ketones (excluding diaryl/α,β-unsaturated/α-hetero) is 1. The van der Waals surface area contributed by atoms with Crippen LogP contribution in [0.3, 0.4) is 0 Å². The molecule has 1 aliphatic rings. The maximum absolute atomic E-state index is 11.5. The van der Waals surface area contributed by atoms with Crippen LogP contribution in [0, 0.1) is 5.92 Å². The van der Waals surface area contributed by atoms with Gasteiger partial charge in [0.1, 0.15) is 5.78 Å². The second kappa shape index (κ2) is 5.04. The van der Waals surface area contributed by atoms with Gasteiger partial charge in [-0.2, -0.15) is 0 Å². The maximum Gasteiger partial charge on any atom is 0.143 e. The van der Waals surface area contributed by atoms with E-state index in [1.807, 2.05) is 24.3 Å². The predicted octanol–water partition coefficient (Wildman–Crippen LogP) is 3.80. The number of hydrogen-bond acceptors (Lipinski definition) is 2. The average molecular weight is 241 g/mol. The summed E-state index contributed by atoms with van der Waals surface area (Å²) in [7, 11) is 0. The summed E-state index contributed by atoms with van der Waals surface area (Å²) in [4.78, 5) is 12.5. The van der Waals surface area contributed by atoms with Crippen LogP contribution in [-0.2, 0) is 4.79 Å². The number of halogens is 1. The number of ketones is 1. The molecule has 0 atom stereocenters. The van der Waals surface area contributed by atoms with Crippen LogP contribution in [0.1, 0.15) is 19.3 Å². The van der Waals surface area contributed by atoms with Crippen LogP contribution in [0.25, 0.3) is 0 Å². The third-order valence-corrected chi connectivity index (χ3v) is 4.01. The summed E-state index contributed by atoms with van der Waals surface area (Å²) in [6.45, 7) is 0. The van der Waals surface area contributed by atoms with Crippen molar-refractivity contribution < 1.29 is 4.79 Å². The molecule has 15 heavy (non-hydrogen) atoms. The summed E-state index contributed by atoms with van der Waals surface area (Å²) in [5, 5.41) is 0.738. The van der Waals surface area contributed by atoms with Crippen molar-refractivity contribution in [3.05, 3.63) is 29.3 Å². The molecule has 1 aliphatic carbocycles. The van der Waals surface area contributed by atoms with E-state index in [2.05, 4.69) is 0 Å². The molecule has 0 saturated heterocycles. The Bertz CT molecular complexity index is 360. The first-order chi connectivity index (χ1) is 7.25. The van der Waals surface area contributed by atoms with Crippen molar-refractivity contribution in [3.63, 3.8) is 0 Å². The number of rotatable bonds is 5. The molecule has 2 rings (SSSR count). The molecular formula is C12H13ClOS. The minimum absolute atomic E-state index is 0.349. The summed E-state index contributed by atoms with van der Waals surface area (Å²) in [6, 6.07) is 7.66. The Balaban J connectivity index is 1.81. The van der Waals surface area contributed by atoms with E-state index in [0.29, 0.717) is 17.5 Å². The van der Waals surface area contributed by atoms with Crippen molar-refractivity contribution in [2.45, 2.75) is 24.2 Å². The number of thioether (sulfide) groups is 1. The van der Waals surface area contributed by atoms with E-state index in [0.717, 1.165) is 16.3 Å². The molecular weight excluding hydrogens is 228 g/mol. The maximum atomic E-state index is 11.5. The van der Waals surface area contributed by atoms with E-state index in [1.54, 1.807) is 11.8 Å². The Hall–Kier alpha value is -0.470. The molecule has 0 radical (unpaired) electrons. The zero-order chi connectivity index (χ0) is 10.7. The largest absolute Gasteiger partial charge is 0.299 e. The Kier molecular flexibility index (Phi) is 3.71. The van der Waals surface area contributed by atoms with Gasteiger partial charge >= 0.3 is 0 Å². The van der Waals surface area contributed by atoms with E-state index in [9.17, 15) is 4.79 Å². The molecule has 1 fully saturated rings. The Morgan fingerprint density at radius 2 is 2.13 bits per heavy atom. The fourth-order valence-electron chi connectivity index (χ4n) is 1.42. The highest BCUT2D eigenvalue weighted by Crippen LogP contribution is 2.33. The molecule has 0 amide bonds. The van der Waals surface area contributed by atoms with Gasteiger partial charge in [-0.3, -0.25) is 4.79 Å². The van der Waals surface area contributed by atoms with Crippen molar-refractivity contribution in [3.8, 4) is 0 Å². The normalized spacial score (nSPS) is 15.3.